The number of ether oxygens (including phenoxy) is 2. The van der Waals surface area contributed by atoms with E-state index in [4.69, 9.17) is 14.3 Å². The molecule has 1 unspecified atom stereocenters. The van der Waals surface area contributed by atoms with Crippen molar-refractivity contribution in [3.63, 3.8) is 0 Å². The summed E-state index contributed by atoms with van der Waals surface area (Å²) in [5, 5.41) is 2.45. The van der Waals surface area contributed by atoms with E-state index in [1.165, 1.54) is 0 Å². The second-order valence-electron chi connectivity index (χ2n) is 7.37. The molecule has 0 saturated heterocycles. The molecule has 0 aromatic carbocycles. The minimum atomic E-state index is -0.922. The molecule has 2 amide bonds. The summed E-state index contributed by atoms with van der Waals surface area (Å²) in [5.74, 6) is -0.792. The van der Waals surface area contributed by atoms with Crippen LogP contribution in [-0.4, -0.2) is 35.4 Å². The number of carbonyl (C=O) groups excluding carboxylic acids is 3. The van der Waals surface area contributed by atoms with Gasteiger partial charge in [0.25, 0.3) is 0 Å². The molecule has 0 aromatic heterocycles. The lowest BCUT2D eigenvalue weighted by Crippen LogP contribution is -2.46. The highest BCUT2D eigenvalue weighted by Crippen LogP contribution is 2.09. The SMILES string of the molecule is CCCCC(NC(=O)OC(C)(C)C)C(=O)ONC(=O)OC(C)(C)C. The number of alkyl carbamates (subject to hydrolysis) is 1. The van der Waals surface area contributed by atoms with E-state index in [0.29, 0.717) is 12.8 Å². The van der Waals surface area contributed by atoms with Gasteiger partial charge in [-0.25, -0.2) is 14.4 Å². The van der Waals surface area contributed by atoms with E-state index in [1.807, 2.05) is 12.4 Å². The van der Waals surface area contributed by atoms with Crippen molar-refractivity contribution in [2.75, 3.05) is 0 Å². The average molecular weight is 346 g/mol. The number of hydroxylamine groups is 1. The Morgan fingerprint density at radius 2 is 1.42 bits per heavy atom. The highest BCUT2D eigenvalue weighted by molar-refractivity contribution is 5.82. The van der Waals surface area contributed by atoms with Gasteiger partial charge < -0.3 is 19.6 Å². The maximum absolute atomic E-state index is 12.1. The van der Waals surface area contributed by atoms with E-state index < -0.39 is 35.4 Å². The van der Waals surface area contributed by atoms with Crippen molar-refractivity contribution in [3.05, 3.63) is 0 Å². The van der Waals surface area contributed by atoms with Crippen molar-refractivity contribution in [2.24, 2.45) is 0 Å². The third kappa shape index (κ3) is 11.6. The topological polar surface area (TPSA) is 103 Å². The van der Waals surface area contributed by atoms with E-state index in [9.17, 15) is 14.4 Å². The second kappa shape index (κ2) is 9.34. The normalized spacial score (nSPS) is 12.8. The Balaban J connectivity index is 4.60. The van der Waals surface area contributed by atoms with Crippen LogP contribution in [0.1, 0.15) is 67.7 Å². The Hall–Kier alpha value is -1.99. The minimum Gasteiger partial charge on any atom is -0.444 e. The molecule has 0 aliphatic carbocycles. The molecule has 0 fully saturated rings. The van der Waals surface area contributed by atoms with Gasteiger partial charge in [-0.1, -0.05) is 19.8 Å². The van der Waals surface area contributed by atoms with Crippen molar-refractivity contribution < 1.29 is 28.7 Å². The van der Waals surface area contributed by atoms with Gasteiger partial charge in [-0.3, -0.25) is 0 Å². The first-order chi connectivity index (χ1) is 10.8. The summed E-state index contributed by atoms with van der Waals surface area (Å²) in [6.45, 7) is 12.2. The Morgan fingerprint density at radius 1 is 0.917 bits per heavy atom. The number of amides is 2. The Labute approximate surface area is 143 Å². The Morgan fingerprint density at radius 3 is 1.88 bits per heavy atom. The van der Waals surface area contributed by atoms with E-state index in [2.05, 4.69) is 5.32 Å². The molecule has 0 radical (unpaired) electrons. The number of hydrogen-bond acceptors (Lipinski definition) is 6. The molecular weight excluding hydrogens is 316 g/mol. The van der Waals surface area contributed by atoms with Gasteiger partial charge in [-0.15, -0.1) is 5.48 Å². The first-order valence-electron chi connectivity index (χ1n) is 8.03. The summed E-state index contributed by atoms with van der Waals surface area (Å²) >= 11 is 0. The highest BCUT2D eigenvalue weighted by atomic mass is 16.7. The van der Waals surface area contributed by atoms with Crippen molar-refractivity contribution in [1.29, 1.82) is 0 Å². The zero-order valence-electron chi connectivity index (χ0n) is 15.6. The molecule has 0 saturated carbocycles. The fourth-order valence-electron chi connectivity index (χ4n) is 1.57. The molecule has 8 heteroatoms. The smallest absolute Gasteiger partial charge is 0.441 e. The van der Waals surface area contributed by atoms with Crippen molar-refractivity contribution in [1.82, 2.24) is 10.8 Å². The van der Waals surface area contributed by atoms with Crippen LogP contribution in [0.2, 0.25) is 0 Å². The first kappa shape index (κ1) is 22.0. The lowest BCUT2D eigenvalue weighted by molar-refractivity contribution is -0.153. The van der Waals surface area contributed by atoms with Crippen molar-refractivity contribution >= 4 is 18.2 Å². The van der Waals surface area contributed by atoms with Crippen LogP contribution in [0.5, 0.6) is 0 Å². The van der Waals surface area contributed by atoms with Crippen LogP contribution in [0.3, 0.4) is 0 Å². The monoisotopic (exact) mass is 346 g/mol. The predicted octanol–water partition coefficient (Wildman–Crippen LogP) is 3.05. The fourth-order valence-corrected chi connectivity index (χ4v) is 1.57. The van der Waals surface area contributed by atoms with Gasteiger partial charge in [0.1, 0.15) is 17.2 Å². The van der Waals surface area contributed by atoms with Crippen LogP contribution in [0.25, 0.3) is 0 Å². The lowest BCUT2D eigenvalue weighted by atomic mass is 10.1. The molecule has 2 N–H and O–H groups in total. The minimum absolute atomic E-state index is 0.366. The van der Waals surface area contributed by atoms with Gasteiger partial charge in [0, 0.05) is 0 Å². The molecule has 140 valence electrons. The van der Waals surface area contributed by atoms with Crippen LogP contribution in [0, 0.1) is 0 Å². The molecule has 0 rings (SSSR count). The molecule has 8 nitrogen and oxygen atoms in total. The number of nitrogens with one attached hydrogen (secondary N) is 2. The average Bonchev–Trinajstić information content (AvgIpc) is 2.36. The standard InChI is InChI=1S/C16H30N2O6/c1-8-9-10-11(17-13(20)22-15(2,3)4)12(19)24-18-14(21)23-16(5,6)7/h11H,8-10H2,1-7H3,(H,17,20)(H,18,21). The number of rotatable bonds is 5. The number of unbranched alkanes of at least 4 members (excludes halogenated alkanes) is 1. The summed E-state index contributed by atoms with van der Waals surface area (Å²) in [5.41, 5.74) is 0.517. The third-order valence-corrected chi connectivity index (χ3v) is 2.46. The van der Waals surface area contributed by atoms with Crippen LogP contribution >= 0.6 is 0 Å². The lowest BCUT2D eigenvalue weighted by Gasteiger charge is -2.23. The summed E-state index contributed by atoms with van der Waals surface area (Å²) in [6.07, 6.45) is 0.284. The Bertz CT molecular complexity index is 437. The van der Waals surface area contributed by atoms with Crippen molar-refractivity contribution in [2.45, 2.75) is 85.0 Å². The quantitative estimate of drug-likeness (QED) is 0.586. The zero-order chi connectivity index (χ0) is 19.0. The summed E-state index contributed by atoms with van der Waals surface area (Å²) in [7, 11) is 0. The maximum Gasteiger partial charge on any atom is 0.441 e. The maximum atomic E-state index is 12.1. The largest absolute Gasteiger partial charge is 0.444 e. The van der Waals surface area contributed by atoms with E-state index in [1.54, 1.807) is 41.5 Å². The van der Waals surface area contributed by atoms with Gasteiger partial charge in [0.05, 0.1) is 0 Å². The Kier molecular flexibility index (Phi) is 8.57. The van der Waals surface area contributed by atoms with Gasteiger partial charge >= 0.3 is 18.2 Å². The fraction of sp³-hybridized carbons (Fsp3) is 0.812. The van der Waals surface area contributed by atoms with Gasteiger partial charge in [-0.05, 0) is 48.0 Å². The van der Waals surface area contributed by atoms with E-state index in [-0.39, 0.29) is 0 Å². The number of hydrogen-bond donors (Lipinski definition) is 2. The molecule has 0 aliphatic rings. The van der Waals surface area contributed by atoms with Crippen LogP contribution in [-0.2, 0) is 19.1 Å². The molecule has 0 aromatic rings. The predicted molar refractivity (Wildman–Crippen MR) is 88.1 cm³/mol. The zero-order valence-corrected chi connectivity index (χ0v) is 15.6. The molecule has 24 heavy (non-hydrogen) atoms. The van der Waals surface area contributed by atoms with Gasteiger partial charge in [0.15, 0.2) is 0 Å². The molecule has 0 spiro atoms. The second-order valence-corrected chi connectivity index (χ2v) is 7.37. The highest BCUT2D eigenvalue weighted by Gasteiger charge is 2.26. The van der Waals surface area contributed by atoms with Crippen molar-refractivity contribution in [3.8, 4) is 0 Å². The van der Waals surface area contributed by atoms with Crippen LogP contribution in [0.15, 0.2) is 0 Å². The van der Waals surface area contributed by atoms with Crippen LogP contribution in [0.4, 0.5) is 9.59 Å². The van der Waals surface area contributed by atoms with Gasteiger partial charge in [-0.2, -0.15) is 0 Å². The molecule has 0 aliphatic heterocycles. The van der Waals surface area contributed by atoms with Crippen LogP contribution < -0.4 is 10.8 Å². The summed E-state index contributed by atoms with van der Waals surface area (Å²) in [6, 6.07) is -0.922. The number of carbonyl (C=O) groups is 3. The van der Waals surface area contributed by atoms with E-state index >= 15 is 0 Å². The first-order valence-corrected chi connectivity index (χ1v) is 8.03. The van der Waals surface area contributed by atoms with E-state index in [0.717, 1.165) is 6.42 Å². The summed E-state index contributed by atoms with van der Waals surface area (Å²) < 4.78 is 10.1. The molecule has 0 heterocycles. The summed E-state index contributed by atoms with van der Waals surface area (Å²) in [4.78, 5) is 40.1. The third-order valence-electron chi connectivity index (χ3n) is 2.46. The van der Waals surface area contributed by atoms with Gasteiger partial charge in [0.2, 0.25) is 0 Å². The molecule has 0 bridgehead atoms. The molecule has 1 atom stereocenters. The molecular formula is C16H30N2O6.